The van der Waals surface area contributed by atoms with Crippen LogP contribution in [0, 0.1) is 5.92 Å². The number of alkyl halides is 1. The van der Waals surface area contributed by atoms with E-state index in [-0.39, 0.29) is 16.8 Å². The second-order valence-electron chi connectivity index (χ2n) is 5.24. The number of fused-ring (bicyclic) bond motifs is 1. The predicted octanol–water partition coefficient (Wildman–Crippen LogP) is 4.03. The number of hydrogen-bond acceptors (Lipinski definition) is 2. The third-order valence-corrected chi connectivity index (χ3v) is 5.22. The summed E-state index contributed by atoms with van der Waals surface area (Å²) < 4.78 is 0. The Hall–Kier alpha value is -0.770. The lowest BCUT2D eigenvalue weighted by Gasteiger charge is -2.28. The Labute approximate surface area is 131 Å². The number of halogens is 3. The number of imide groups is 1. The Morgan fingerprint density at radius 3 is 2.60 bits per heavy atom. The first-order valence-corrected chi connectivity index (χ1v) is 7.61. The molecule has 1 aromatic rings. The Morgan fingerprint density at radius 2 is 1.95 bits per heavy atom. The third-order valence-electron chi connectivity index (χ3n) is 4.06. The van der Waals surface area contributed by atoms with Crippen LogP contribution in [0.2, 0.25) is 10.0 Å². The molecule has 3 rings (SSSR count). The maximum atomic E-state index is 12.6. The molecule has 1 saturated heterocycles. The van der Waals surface area contributed by atoms with E-state index in [2.05, 4.69) is 0 Å². The van der Waals surface area contributed by atoms with Crippen molar-refractivity contribution in [1.82, 2.24) is 0 Å². The second kappa shape index (κ2) is 4.90. The van der Waals surface area contributed by atoms with Crippen LogP contribution in [0.3, 0.4) is 0 Å². The molecule has 6 heteroatoms. The monoisotopic (exact) mass is 331 g/mol. The predicted molar refractivity (Wildman–Crippen MR) is 79.5 cm³/mol. The molecule has 2 fully saturated rings. The summed E-state index contributed by atoms with van der Waals surface area (Å²) in [5, 5.41) is 0.731. The SMILES string of the molecule is O=C1C2CCCCC2(Cl)C(=O)N1c1ccc(Cl)cc1Cl. The Morgan fingerprint density at radius 1 is 1.20 bits per heavy atom. The molecule has 0 bridgehead atoms. The molecule has 2 atom stereocenters. The molecular formula is C14H12Cl3NO2. The molecule has 0 spiro atoms. The Balaban J connectivity index is 2.06. The third kappa shape index (κ3) is 1.95. The lowest BCUT2D eigenvalue weighted by molar-refractivity contribution is -0.122. The fraction of sp³-hybridized carbons (Fsp3) is 0.429. The second-order valence-corrected chi connectivity index (χ2v) is 6.75. The highest BCUT2D eigenvalue weighted by atomic mass is 35.5. The number of carbonyl (C=O) groups excluding carboxylic acids is 2. The lowest BCUT2D eigenvalue weighted by Crippen LogP contribution is -2.40. The highest BCUT2D eigenvalue weighted by molar-refractivity contribution is 6.46. The number of carbonyl (C=O) groups is 2. The minimum atomic E-state index is -1.10. The Kier molecular flexibility index (Phi) is 3.47. The first kappa shape index (κ1) is 14.2. The van der Waals surface area contributed by atoms with Gasteiger partial charge in [-0.15, -0.1) is 11.6 Å². The fourth-order valence-electron chi connectivity index (χ4n) is 3.04. The molecule has 2 aliphatic rings. The molecular weight excluding hydrogens is 321 g/mol. The van der Waals surface area contributed by atoms with Crippen molar-refractivity contribution in [3.8, 4) is 0 Å². The number of benzene rings is 1. The highest BCUT2D eigenvalue weighted by Gasteiger charge is 2.59. The summed E-state index contributed by atoms with van der Waals surface area (Å²) in [5.74, 6) is -1.07. The Bertz CT molecular complexity index is 604. The van der Waals surface area contributed by atoms with Crippen LogP contribution in [-0.4, -0.2) is 16.7 Å². The maximum absolute atomic E-state index is 12.6. The van der Waals surface area contributed by atoms with Crippen LogP contribution in [0.15, 0.2) is 18.2 Å². The molecule has 2 unspecified atom stereocenters. The van der Waals surface area contributed by atoms with Crippen LogP contribution >= 0.6 is 34.8 Å². The zero-order valence-corrected chi connectivity index (χ0v) is 12.8. The lowest BCUT2D eigenvalue weighted by atomic mass is 9.80. The summed E-state index contributed by atoms with van der Waals surface area (Å²) >= 11 is 18.4. The van der Waals surface area contributed by atoms with Crippen LogP contribution in [-0.2, 0) is 9.59 Å². The number of nitrogens with zero attached hydrogens (tertiary/aromatic N) is 1. The van der Waals surface area contributed by atoms with Gasteiger partial charge in [-0.25, -0.2) is 4.90 Å². The largest absolute Gasteiger partial charge is 0.274 e. The quantitative estimate of drug-likeness (QED) is 0.575. The first-order valence-electron chi connectivity index (χ1n) is 6.47. The number of amides is 2. The molecule has 1 saturated carbocycles. The van der Waals surface area contributed by atoms with Crippen molar-refractivity contribution in [2.75, 3.05) is 4.90 Å². The fourth-order valence-corrected chi connectivity index (χ4v) is 3.96. The molecule has 2 amide bonds. The van der Waals surface area contributed by atoms with E-state index in [1.807, 2.05) is 0 Å². The van der Waals surface area contributed by atoms with Crippen molar-refractivity contribution >= 4 is 52.3 Å². The van der Waals surface area contributed by atoms with Crippen molar-refractivity contribution in [2.45, 2.75) is 30.6 Å². The van der Waals surface area contributed by atoms with Gasteiger partial charge in [0.25, 0.3) is 5.91 Å². The molecule has 1 heterocycles. The van der Waals surface area contributed by atoms with Crippen molar-refractivity contribution < 1.29 is 9.59 Å². The minimum absolute atomic E-state index is 0.256. The van der Waals surface area contributed by atoms with Gasteiger partial charge in [-0.2, -0.15) is 0 Å². The van der Waals surface area contributed by atoms with Crippen molar-refractivity contribution in [3.63, 3.8) is 0 Å². The summed E-state index contributed by atoms with van der Waals surface area (Å²) in [6.45, 7) is 0. The van der Waals surface area contributed by atoms with Gasteiger partial charge in [0, 0.05) is 5.02 Å². The molecule has 1 aliphatic heterocycles. The van der Waals surface area contributed by atoms with Crippen LogP contribution in [0.1, 0.15) is 25.7 Å². The summed E-state index contributed by atoms with van der Waals surface area (Å²) in [6, 6.07) is 4.70. The highest BCUT2D eigenvalue weighted by Crippen LogP contribution is 2.48. The molecule has 106 valence electrons. The number of hydrogen-bond donors (Lipinski definition) is 0. The van der Waals surface area contributed by atoms with Gasteiger partial charge >= 0.3 is 0 Å². The van der Waals surface area contributed by atoms with Gasteiger partial charge in [0.1, 0.15) is 4.87 Å². The molecule has 0 aromatic heterocycles. The topological polar surface area (TPSA) is 37.4 Å². The maximum Gasteiger partial charge on any atom is 0.255 e. The summed E-state index contributed by atoms with van der Waals surface area (Å²) in [6.07, 6.45) is 2.96. The van der Waals surface area contributed by atoms with Gasteiger partial charge in [0.2, 0.25) is 5.91 Å². The zero-order chi connectivity index (χ0) is 14.5. The van der Waals surface area contributed by atoms with E-state index in [1.54, 1.807) is 12.1 Å². The van der Waals surface area contributed by atoms with Crippen molar-refractivity contribution in [3.05, 3.63) is 28.2 Å². The minimum Gasteiger partial charge on any atom is -0.274 e. The van der Waals surface area contributed by atoms with E-state index < -0.39 is 10.8 Å². The van der Waals surface area contributed by atoms with Gasteiger partial charge in [-0.05, 0) is 31.0 Å². The summed E-state index contributed by atoms with van der Waals surface area (Å²) in [5.41, 5.74) is 0.362. The van der Waals surface area contributed by atoms with E-state index in [0.717, 1.165) is 17.7 Å². The zero-order valence-electron chi connectivity index (χ0n) is 10.5. The van der Waals surface area contributed by atoms with Gasteiger partial charge in [-0.1, -0.05) is 36.0 Å². The smallest absolute Gasteiger partial charge is 0.255 e. The average Bonchev–Trinajstić information content (AvgIpc) is 2.59. The van der Waals surface area contributed by atoms with Gasteiger partial charge in [-0.3, -0.25) is 9.59 Å². The molecule has 1 aromatic carbocycles. The van der Waals surface area contributed by atoms with Crippen LogP contribution in [0.5, 0.6) is 0 Å². The molecule has 1 aliphatic carbocycles. The number of rotatable bonds is 1. The van der Waals surface area contributed by atoms with Gasteiger partial charge in [0.05, 0.1) is 16.6 Å². The molecule has 20 heavy (non-hydrogen) atoms. The first-order chi connectivity index (χ1) is 9.45. The van der Waals surface area contributed by atoms with E-state index >= 15 is 0 Å². The standard InChI is InChI=1S/C14H12Cl3NO2/c15-8-4-5-11(10(16)7-8)18-12(19)9-3-1-2-6-14(9,17)13(18)20/h4-5,7,9H,1-3,6H2. The van der Waals surface area contributed by atoms with Crippen molar-refractivity contribution in [2.24, 2.45) is 5.92 Å². The van der Waals surface area contributed by atoms with Gasteiger partial charge in [0.15, 0.2) is 0 Å². The van der Waals surface area contributed by atoms with E-state index in [4.69, 9.17) is 34.8 Å². The normalized spacial score (nSPS) is 29.8. The van der Waals surface area contributed by atoms with E-state index in [9.17, 15) is 9.59 Å². The van der Waals surface area contributed by atoms with E-state index in [1.165, 1.54) is 6.07 Å². The average molecular weight is 333 g/mol. The molecule has 0 radical (unpaired) electrons. The molecule has 0 N–H and O–H groups in total. The van der Waals surface area contributed by atoms with Crippen LogP contribution < -0.4 is 4.90 Å². The summed E-state index contributed by atoms with van der Waals surface area (Å²) in [7, 11) is 0. The van der Waals surface area contributed by atoms with Gasteiger partial charge < -0.3 is 0 Å². The van der Waals surface area contributed by atoms with Crippen LogP contribution in [0.4, 0.5) is 5.69 Å². The summed E-state index contributed by atoms with van der Waals surface area (Å²) in [4.78, 5) is 25.1. The van der Waals surface area contributed by atoms with Crippen LogP contribution in [0.25, 0.3) is 0 Å². The van der Waals surface area contributed by atoms with Crippen molar-refractivity contribution in [1.29, 1.82) is 0 Å². The number of anilines is 1. The van der Waals surface area contributed by atoms with E-state index in [0.29, 0.717) is 23.6 Å². The molecule has 3 nitrogen and oxygen atoms in total.